The van der Waals surface area contributed by atoms with E-state index in [0.717, 1.165) is 45.3 Å². The minimum absolute atomic E-state index is 0.0637. The summed E-state index contributed by atoms with van der Waals surface area (Å²) in [6.45, 7) is 5.70. The number of fused-ring (bicyclic) bond motifs is 1. The number of nitrogens with zero attached hydrogens (tertiary/aromatic N) is 2. The van der Waals surface area contributed by atoms with Crippen LogP contribution in [0.2, 0.25) is 0 Å². The predicted octanol–water partition coefficient (Wildman–Crippen LogP) is 6.08. The molecule has 0 radical (unpaired) electrons. The van der Waals surface area contributed by atoms with Crippen molar-refractivity contribution in [3.05, 3.63) is 82.5 Å². The number of carbonyl (C=O) groups is 1. The summed E-state index contributed by atoms with van der Waals surface area (Å²) in [6, 6.07) is 12.0. The van der Waals surface area contributed by atoms with Crippen molar-refractivity contribution in [1.82, 2.24) is 9.97 Å². The molecule has 0 aliphatic rings. The van der Waals surface area contributed by atoms with E-state index in [1.54, 1.807) is 6.20 Å². The minimum Gasteiger partial charge on any atom is -0.368 e. The average molecular weight is 450 g/mol. The van der Waals surface area contributed by atoms with E-state index in [9.17, 15) is 18.0 Å². The largest absolute Gasteiger partial charge is 0.416 e. The van der Waals surface area contributed by atoms with Gasteiger partial charge in [-0.15, -0.1) is 0 Å². The van der Waals surface area contributed by atoms with Gasteiger partial charge in [0.25, 0.3) is 5.91 Å². The molecule has 0 spiro atoms. The van der Waals surface area contributed by atoms with E-state index in [2.05, 4.69) is 15.3 Å². The number of halogens is 3. The Bertz CT molecular complexity index is 1400. The van der Waals surface area contributed by atoms with Crippen molar-refractivity contribution >= 4 is 28.4 Å². The van der Waals surface area contributed by atoms with E-state index in [-0.39, 0.29) is 11.5 Å². The van der Waals surface area contributed by atoms with E-state index in [1.165, 1.54) is 12.1 Å². The summed E-state index contributed by atoms with van der Waals surface area (Å²) in [5.74, 6) is -0.415. The number of nitrogen functional groups attached to an aromatic ring is 1. The molecule has 0 fully saturated rings. The van der Waals surface area contributed by atoms with Crippen LogP contribution in [0.3, 0.4) is 0 Å². The molecule has 33 heavy (non-hydrogen) atoms. The fraction of sp³-hybridized carbons (Fsp3) is 0.160. The van der Waals surface area contributed by atoms with Crippen LogP contribution in [0, 0.1) is 20.8 Å². The van der Waals surface area contributed by atoms with Gasteiger partial charge in [-0.3, -0.25) is 4.79 Å². The van der Waals surface area contributed by atoms with Gasteiger partial charge in [0, 0.05) is 22.8 Å². The van der Waals surface area contributed by atoms with E-state index in [4.69, 9.17) is 5.73 Å². The fourth-order valence-electron chi connectivity index (χ4n) is 4.05. The van der Waals surface area contributed by atoms with Gasteiger partial charge in [0.15, 0.2) is 0 Å². The molecule has 0 aliphatic carbocycles. The molecule has 4 aromatic rings. The number of hydrogen-bond acceptors (Lipinski definition) is 4. The van der Waals surface area contributed by atoms with Crippen molar-refractivity contribution in [3.8, 4) is 11.1 Å². The van der Waals surface area contributed by atoms with Gasteiger partial charge in [-0.25, -0.2) is 9.97 Å². The predicted molar refractivity (Wildman–Crippen MR) is 123 cm³/mol. The van der Waals surface area contributed by atoms with Gasteiger partial charge in [0.05, 0.1) is 11.1 Å². The van der Waals surface area contributed by atoms with Crippen LogP contribution in [0.15, 0.2) is 54.7 Å². The van der Waals surface area contributed by atoms with E-state index < -0.39 is 17.6 Å². The molecule has 1 heterocycles. The molecular formula is C25H21F3N4O. The third-order valence-corrected chi connectivity index (χ3v) is 5.55. The van der Waals surface area contributed by atoms with E-state index in [1.807, 2.05) is 45.0 Å². The number of carbonyl (C=O) groups excluding carboxylic acids is 1. The topological polar surface area (TPSA) is 80.9 Å². The maximum absolute atomic E-state index is 13.1. The number of aromatic nitrogens is 2. The molecule has 0 unspecified atom stereocenters. The van der Waals surface area contributed by atoms with Crippen molar-refractivity contribution in [2.24, 2.45) is 0 Å². The molecule has 4 rings (SSSR count). The van der Waals surface area contributed by atoms with Gasteiger partial charge in [0.2, 0.25) is 5.95 Å². The van der Waals surface area contributed by atoms with Crippen molar-refractivity contribution in [2.75, 3.05) is 11.1 Å². The third kappa shape index (κ3) is 4.37. The molecule has 3 aromatic carbocycles. The van der Waals surface area contributed by atoms with Crippen molar-refractivity contribution in [2.45, 2.75) is 26.9 Å². The number of aryl methyl sites for hydroxylation is 2. The smallest absolute Gasteiger partial charge is 0.368 e. The standard InChI is InChI=1S/C25H21F3N4O/c1-13-9-14(2)22(32-23(33)17-5-4-6-19(11-17)25(26,27)28)15(3)21(13)16-7-8-20-18(10-16)12-30-24(29)31-20/h4-12H,1-3H3,(H,32,33)(H2,29,30,31). The molecule has 0 atom stereocenters. The van der Waals surface area contributed by atoms with E-state index in [0.29, 0.717) is 11.2 Å². The first kappa shape index (κ1) is 22.3. The van der Waals surface area contributed by atoms with Crippen LogP contribution in [0.5, 0.6) is 0 Å². The monoisotopic (exact) mass is 450 g/mol. The summed E-state index contributed by atoms with van der Waals surface area (Å²) in [7, 11) is 0. The van der Waals surface area contributed by atoms with Gasteiger partial charge >= 0.3 is 6.18 Å². The van der Waals surface area contributed by atoms with Gasteiger partial charge in [-0.05, 0) is 78.9 Å². The number of amides is 1. The maximum atomic E-state index is 13.1. The van der Waals surface area contributed by atoms with Crippen LogP contribution in [-0.4, -0.2) is 15.9 Å². The maximum Gasteiger partial charge on any atom is 0.416 e. The van der Waals surface area contributed by atoms with Crippen LogP contribution >= 0.6 is 0 Å². The van der Waals surface area contributed by atoms with Gasteiger partial charge in [-0.2, -0.15) is 13.2 Å². The Morgan fingerprint density at radius 2 is 1.76 bits per heavy atom. The second-order valence-corrected chi connectivity index (χ2v) is 7.92. The first-order chi connectivity index (χ1) is 15.5. The molecule has 0 saturated heterocycles. The molecule has 5 nitrogen and oxygen atoms in total. The fourth-order valence-corrected chi connectivity index (χ4v) is 4.05. The number of rotatable bonds is 3. The van der Waals surface area contributed by atoms with Crippen LogP contribution < -0.4 is 11.1 Å². The Morgan fingerprint density at radius 1 is 1.00 bits per heavy atom. The zero-order valence-corrected chi connectivity index (χ0v) is 18.2. The Labute approximate surface area is 188 Å². The molecule has 0 aliphatic heterocycles. The summed E-state index contributed by atoms with van der Waals surface area (Å²) in [5, 5.41) is 3.62. The van der Waals surface area contributed by atoms with Crippen molar-refractivity contribution < 1.29 is 18.0 Å². The third-order valence-electron chi connectivity index (χ3n) is 5.55. The Morgan fingerprint density at radius 3 is 2.48 bits per heavy atom. The highest BCUT2D eigenvalue weighted by molar-refractivity contribution is 6.06. The number of nitrogens with one attached hydrogen (secondary N) is 1. The van der Waals surface area contributed by atoms with Crippen LogP contribution in [0.1, 0.15) is 32.6 Å². The number of nitrogens with two attached hydrogens (primary N) is 1. The lowest BCUT2D eigenvalue weighted by Gasteiger charge is -2.19. The number of alkyl halides is 3. The highest BCUT2D eigenvalue weighted by atomic mass is 19.4. The lowest BCUT2D eigenvalue weighted by Crippen LogP contribution is -2.16. The summed E-state index contributed by atoms with van der Waals surface area (Å²) in [5.41, 5.74) is 10.4. The first-order valence-electron chi connectivity index (χ1n) is 10.2. The molecule has 0 saturated carbocycles. The first-order valence-corrected chi connectivity index (χ1v) is 10.2. The van der Waals surface area contributed by atoms with Crippen LogP contribution in [0.4, 0.5) is 24.8 Å². The van der Waals surface area contributed by atoms with Gasteiger partial charge < -0.3 is 11.1 Å². The highest BCUT2D eigenvalue weighted by Crippen LogP contribution is 2.36. The Hall–Kier alpha value is -3.94. The Kier molecular flexibility index (Phi) is 5.53. The van der Waals surface area contributed by atoms with Crippen molar-refractivity contribution in [1.29, 1.82) is 0 Å². The molecule has 1 aromatic heterocycles. The number of anilines is 2. The molecule has 168 valence electrons. The minimum atomic E-state index is -4.52. The quantitative estimate of drug-likeness (QED) is 0.397. The summed E-state index contributed by atoms with van der Waals surface area (Å²) >= 11 is 0. The summed E-state index contributed by atoms with van der Waals surface area (Å²) < 4.78 is 39.2. The van der Waals surface area contributed by atoms with E-state index >= 15 is 0 Å². The summed E-state index contributed by atoms with van der Waals surface area (Å²) in [4.78, 5) is 21.1. The normalized spacial score (nSPS) is 11.6. The zero-order valence-electron chi connectivity index (χ0n) is 18.2. The van der Waals surface area contributed by atoms with Crippen LogP contribution in [-0.2, 0) is 6.18 Å². The second-order valence-electron chi connectivity index (χ2n) is 7.92. The van der Waals surface area contributed by atoms with Gasteiger partial charge in [0.1, 0.15) is 0 Å². The molecule has 3 N–H and O–H groups in total. The zero-order chi connectivity index (χ0) is 23.9. The van der Waals surface area contributed by atoms with Crippen LogP contribution in [0.25, 0.3) is 22.0 Å². The lowest BCUT2D eigenvalue weighted by molar-refractivity contribution is -0.137. The molecule has 8 heteroatoms. The Balaban J connectivity index is 1.75. The number of hydrogen-bond donors (Lipinski definition) is 2. The summed E-state index contributed by atoms with van der Waals surface area (Å²) in [6.07, 6.45) is -2.88. The average Bonchev–Trinajstić information content (AvgIpc) is 2.76. The van der Waals surface area contributed by atoms with Gasteiger partial charge in [-0.1, -0.05) is 18.2 Å². The molecule has 0 bridgehead atoms. The SMILES string of the molecule is Cc1cc(C)c(-c2ccc3nc(N)ncc3c2)c(C)c1NC(=O)c1cccc(C(F)(F)F)c1. The molecular weight excluding hydrogens is 429 g/mol. The lowest BCUT2D eigenvalue weighted by atomic mass is 9.91. The van der Waals surface area contributed by atoms with Crippen molar-refractivity contribution in [3.63, 3.8) is 0 Å². The molecule has 1 amide bonds. The highest BCUT2D eigenvalue weighted by Gasteiger charge is 2.31. The number of benzene rings is 3. The second kappa shape index (κ2) is 8.20.